The van der Waals surface area contributed by atoms with Crippen molar-refractivity contribution in [3.63, 3.8) is 0 Å². The third-order valence-electron chi connectivity index (χ3n) is 6.40. The highest BCUT2D eigenvalue weighted by Crippen LogP contribution is 2.27. The molecule has 2 heterocycles. The van der Waals surface area contributed by atoms with Gasteiger partial charge < -0.3 is 19.9 Å². The smallest absolute Gasteiger partial charge is 0.322 e. The number of urea groups is 1. The molecule has 0 radical (unpaired) electrons. The molecule has 2 aromatic rings. The number of aromatic nitrogens is 1. The van der Waals surface area contributed by atoms with E-state index < -0.39 is 0 Å². The lowest BCUT2D eigenvalue weighted by Gasteiger charge is -2.34. The molecule has 1 aromatic carbocycles. The number of hydrogen-bond acceptors (Lipinski definition) is 4. The van der Waals surface area contributed by atoms with Crippen molar-refractivity contribution in [2.24, 2.45) is 5.92 Å². The zero-order valence-electron chi connectivity index (χ0n) is 18.8. The van der Waals surface area contributed by atoms with Gasteiger partial charge in [-0.15, -0.1) is 0 Å². The minimum Gasteiger partial charge on any atom is -0.493 e. The van der Waals surface area contributed by atoms with E-state index in [1.807, 2.05) is 30.0 Å². The Balaban J connectivity index is 1.31. The van der Waals surface area contributed by atoms with Gasteiger partial charge in [0, 0.05) is 37.9 Å². The Bertz CT molecular complexity index is 920. The second-order valence-corrected chi connectivity index (χ2v) is 8.75. The summed E-state index contributed by atoms with van der Waals surface area (Å²) < 4.78 is 6.12. The van der Waals surface area contributed by atoms with Crippen molar-refractivity contribution in [2.75, 3.05) is 38.1 Å². The summed E-state index contributed by atoms with van der Waals surface area (Å²) in [6.45, 7) is 4.74. The second-order valence-electron chi connectivity index (χ2n) is 8.75. The van der Waals surface area contributed by atoms with Crippen LogP contribution >= 0.6 is 0 Å². The number of piperazine rings is 1. The Kier molecular flexibility index (Phi) is 7.24. The number of anilines is 1. The number of ether oxygens (including phenoxy) is 1. The Labute approximate surface area is 189 Å². The number of carbonyl (C=O) groups excluding carboxylic acids is 2. The molecular weight excluding hydrogens is 404 g/mol. The van der Waals surface area contributed by atoms with Crippen LogP contribution in [0.3, 0.4) is 0 Å². The average molecular weight is 437 g/mol. The first kappa shape index (κ1) is 22.1. The number of hydrogen-bond donors (Lipinski definition) is 1. The highest BCUT2D eigenvalue weighted by Gasteiger charge is 2.25. The standard InChI is InChI=1S/C25H32N4O3/c1-19-9-10-21(16-23(19)32-18-20-6-3-2-4-7-20)24(30)28-12-14-29(15-13-28)25(31)27-22-8-5-11-26-17-22/h5,8-11,16-17,20H,2-4,6-7,12-15,18H2,1H3,(H,27,31). The van der Waals surface area contributed by atoms with Gasteiger partial charge >= 0.3 is 6.03 Å². The SMILES string of the molecule is Cc1ccc(C(=O)N2CCN(C(=O)Nc3cccnc3)CC2)cc1OCC1CCCCC1. The van der Waals surface area contributed by atoms with Crippen LogP contribution in [0.2, 0.25) is 0 Å². The predicted octanol–water partition coefficient (Wildman–Crippen LogP) is 4.34. The minimum absolute atomic E-state index is 0.0140. The van der Waals surface area contributed by atoms with Gasteiger partial charge in [-0.2, -0.15) is 0 Å². The van der Waals surface area contributed by atoms with Crippen LogP contribution in [0.1, 0.15) is 48.0 Å². The van der Waals surface area contributed by atoms with Gasteiger partial charge in [0.2, 0.25) is 0 Å². The molecule has 0 spiro atoms. The zero-order chi connectivity index (χ0) is 22.3. The summed E-state index contributed by atoms with van der Waals surface area (Å²) in [5, 5.41) is 2.85. The van der Waals surface area contributed by atoms with Gasteiger partial charge in [0.15, 0.2) is 0 Å². The molecule has 32 heavy (non-hydrogen) atoms. The highest BCUT2D eigenvalue weighted by molar-refractivity contribution is 5.95. The fourth-order valence-electron chi connectivity index (χ4n) is 4.38. The summed E-state index contributed by atoms with van der Waals surface area (Å²) >= 11 is 0. The van der Waals surface area contributed by atoms with E-state index in [1.165, 1.54) is 32.1 Å². The van der Waals surface area contributed by atoms with Crippen molar-refractivity contribution in [3.8, 4) is 5.75 Å². The van der Waals surface area contributed by atoms with Crippen molar-refractivity contribution >= 4 is 17.6 Å². The molecule has 3 amide bonds. The molecule has 0 bridgehead atoms. The molecule has 7 nitrogen and oxygen atoms in total. The van der Waals surface area contributed by atoms with E-state index in [1.54, 1.807) is 29.4 Å². The van der Waals surface area contributed by atoms with Gasteiger partial charge in [-0.25, -0.2) is 4.79 Å². The van der Waals surface area contributed by atoms with Crippen LogP contribution in [0.4, 0.5) is 10.5 Å². The second kappa shape index (κ2) is 10.5. The number of amides is 3. The van der Waals surface area contributed by atoms with Crippen LogP contribution in [0.5, 0.6) is 5.75 Å². The Hall–Kier alpha value is -3.09. The molecule has 0 unspecified atom stereocenters. The Morgan fingerprint density at radius 3 is 2.53 bits per heavy atom. The fourth-order valence-corrected chi connectivity index (χ4v) is 4.38. The third kappa shape index (κ3) is 5.58. The number of pyridine rings is 1. The molecule has 7 heteroatoms. The summed E-state index contributed by atoms with van der Waals surface area (Å²) in [7, 11) is 0. The third-order valence-corrected chi connectivity index (χ3v) is 6.40. The van der Waals surface area contributed by atoms with Crippen molar-refractivity contribution in [3.05, 3.63) is 53.9 Å². The lowest BCUT2D eigenvalue weighted by Crippen LogP contribution is -2.51. The van der Waals surface area contributed by atoms with E-state index in [-0.39, 0.29) is 11.9 Å². The van der Waals surface area contributed by atoms with Gasteiger partial charge in [0.1, 0.15) is 5.75 Å². The summed E-state index contributed by atoms with van der Waals surface area (Å²) in [5.74, 6) is 1.41. The van der Waals surface area contributed by atoms with Crippen molar-refractivity contribution in [1.82, 2.24) is 14.8 Å². The van der Waals surface area contributed by atoms with Crippen LogP contribution < -0.4 is 10.1 Å². The largest absolute Gasteiger partial charge is 0.493 e. The molecule has 1 saturated heterocycles. The summed E-state index contributed by atoms with van der Waals surface area (Å²) in [5.41, 5.74) is 2.35. The van der Waals surface area contributed by atoms with E-state index in [0.717, 1.165) is 17.9 Å². The summed E-state index contributed by atoms with van der Waals surface area (Å²) in [6, 6.07) is 9.12. The molecule has 2 fully saturated rings. The van der Waals surface area contributed by atoms with Gasteiger partial charge in [-0.1, -0.05) is 25.3 Å². The molecule has 2 aliphatic rings. The zero-order valence-corrected chi connectivity index (χ0v) is 18.8. The number of carbonyl (C=O) groups is 2. The number of benzene rings is 1. The summed E-state index contributed by atoms with van der Waals surface area (Å²) in [6.07, 6.45) is 9.65. The molecule has 1 aliphatic heterocycles. The maximum Gasteiger partial charge on any atom is 0.322 e. The molecule has 1 aliphatic carbocycles. The predicted molar refractivity (Wildman–Crippen MR) is 124 cm³/mol. The average Bonchev–Trinajstić information content (AvgIpc) is 2.84. The van der Waals surface area contributed by atoms with Gasteiger partial charge in [0.25, 0.3) is 5.91 Å². The van der Waals surface area contributed by atoms with E-state index >= 15 is 0 Å². The molecule has 1 aromatic heterocycles. The topological polar surface area (TPSA) is 74.8 Å². The van der Waals surface area contributed by atoms with Crippen LogP contribution in [0, 0.1) is 12.8 Å². The monoisotopic (exact) mass is 436 g/mol. The number of nitrogens with one attached hydrogen (secondary N) is 1. The molecule has 1 N–H and O–H groups in total. The minimum atomic E-state index is -0.168. The highest BCUT2D eigenvalue weighted by atomic mass is 16.5. The van der Waals surface area contributed by atoms with Crippen molar-refractivity contribution < 1.29 is 14.3 Å². The molecular formula is C25H32N4O3. The fraction of sp³-hybridized carbons (Fsp3) is 0.480. The van der Waals surface area contributed by atoms with E-state index in [2.05, 4.69) is 10.3 Å². The summed E-state index contributed by atoms with van der Waals surface area (Å²) in [4.78, 5) is 33.1. The van der Waals surface area contributed by atoms with Crippen LogP contribution in [-0.2, 0) is 0 Å². The van der Waals surface area contributed by atoms with Crippen LogP contribution in [0.15, 0.2) is 42.7 Å². The van der Waals surface area contributed by atoms with E-state index in [4.69, 9.17) is 4.74 Å². The van der Waals surface area contributed by atoms with E-state index in [0.29, 0.717) is 43.3 Å². The quantitative estimate of drug-likeness (QED) is 0.757. The maximum atomic E-state index is 13.1. The van der Waals surface area contributed by atoms with Gasteiger partial charge in [0.05, 0.1) is 18.5 Å². The molecule has 4 rings (SSSR count). The first-order valence-electron chi connectivity index (χ1n) is 11.6. The first-order chi connectivity index (χ1) is 15.6. The normalized spacial score (nSPS) is 17.2. The molecule has 170 valence electrons. The van der Waals surface area contributed by atoms with E-state index in [9.17, 15) is 9.59 Å². The first-order valence-corrected chi connectivity index (χ1v) is 11.6. The Morgan fingerprint density at radius 1 is 1.06 bits per heavy atom. The van der Waals surface area contributed by atoms with Gasteiger partial charge in [-0.05, 0) is 55.5 Å². The number of aryl methyl sites for hydroxylation is 1. The van der Waals surface area contributed by atoms with Crippen LogP contribution in [-0.4, -0.2) is 59.5 Å². The number of nitrogens with zero attached hydrogens (tertiary/aromatic N) is 3. The maximum absolute atomic E-state index is 13.1. The van der Waals surface area contributed by atoms with Crippen molar-refractivity contribution in [1.29, 1.82) is 0 Å². The lowest BCUT2D eigenvalue weighted by atomic mass is 9.90. The van der Waals surface area contributed by atoms with Gasteiger partial charge in [-0.3, -0.25) is 9.78 Å². The van der Waals surface area contributed by atoms with Crippen LogP contribution in [0.25, 0.3) is 0 Å². The molecule has 1 saturated carbocycles. The number of rotatable bonds is 5. The van der Waals surface area contributed by atoms with Crippen molar-refractivity contribution in [2.45, 2.75) is 39.0 Å². The lowest BCUT2D eigenvalue weighted by molar-refractivity contribution is 0.0671. The Morgan fingerprint density at radius 2 is 1.81 bits per heavy atom. The molecule has 0 atom stereocenters.